The number of fused-ring (bicyclic) bond motifs is 1. The maximum absolute atomic E-state index is 9.35. The molecule has 4 heteroatoms. The summed E-state index contributed by atoms with van der Waals surface area (Å²) in [7, 11) is 0. The topological polar surface area (TPSA) is 45.4 Å². The minimum atomic E-state index is 0.736. The van der Waals surface area contributed by atoms with E-state index in [-0.39, 0.29) is 0 Å². The Morgan fingerprint density at radius 1 is 1.32 bits per heavy atom. The first-order chi connectivity index (χ1) is 10.8. The summed E-state index contributed by atoms with van der Waals surface area (Å²) in [6.07, 6.45) is 6.11. The summed E-state index contributed by atoms with van der Waals surface area (Å²) in [5.41, 5.74) is 3.01. The quantitative estimate of drug-likeness (QED) is 0.755. The third kappa shape index (κ3) is 3.05. The van der Waals surface area contributed by atoms with Crippen molar-refractivity contribution in [3.63, 3.8) is 0 Å². The van der Waals surface area contributed by atoms with Crippen LogP contribution in [0.2, 0.25) is 0 Å². The Balaban J connectivity index is 1.76. The number of hydrogen-bond acceptors (Lipinski definition) is 4. The molecule has 0 amide bonds. The molecule has 0 bridgehead atoms. The van der Waals surface area contributed by atoms with Crippen molar-refractivity contribution in [1.82, 2.24) is 0 Å². The molecule has 0 saturated carbocycles. The van der Waals surface area contributed by atoms with Crippen molar-refractivity contribution in [2.75, 3.05) is 6.61 Å². The summed E-state index contributed by atoms with van der Waals surface area (Å²) in [5.74, 6) is 0.881. The van der Waals surface area contributed by atoms with Crippen LogP contribution in [-0.2, 0) is 12.8 Å². The van der Waals surface area contributed by atoms with Crippen LogP contribution in [0, 0.1) is 11.3 Å². The van der Waals surface area contributed by atoms with Gasteiger partial charge in [-0.3, -0.25) is 0 Å². The normalized spacial score (nSPS) is 13.3. The van der Waals surface area contributed by atoms with Crippen LogP contribution in [-0.4, -0.2) is 12.8 Å². The summed E-state index contributed by atoms with van der Waals surface area (Å²) >= 11 is 1.66. The first kappa shape index (κ1) is 14.8. The Bertz CT molecular complexity index is 723. The number of rotatable bonds is 5. The third-order valence-corrected chi connectivity index (χ3v) is 4.90. The van der Waals surface area contributed by atoms with E-state index in [0.717, 1.165) is 47.7 Å². The maximum Gasteiger partial charge on any atom is 0.134 e. The van der Waals surface area contributed by atoms with Gasteiger partial charge in [0.25, 0.3) is 0 Å². The maximum atomic E-state index is 9.35. The fourth-order valence-corrected chi connectivity index (χ4v) is 3.78. The lowest BCUT2D eigenvalue weighted by Crippen LogP contribution is -1.94. The summed E-state index contributed by atoms with van der Waals surface area (Å²) in [6.45, 7) is 2.83. The van der Waals surface area contributed by atoms with E-state index in [2.05, 4.69) is 18.0 Å². The van der Waals surface area contributed by atoms with Crippen LogP contribution >= 0.6 is 11.3 Å². The number of benzene rings is 1. The number of nitrogens with zero attached hydrogens (tertiary/aromatic N) is 2. The first-order valence-corrected chi connectivity index (χ1v) is 8.45. The molecule has 1 aliphatic rings. The zero-order valence-corrected chi connectivity index (χ0v) is 13.4. The van der Waals surface area contributed by atoms with Gasteiger partial charge < -0.3 is 4.74 Å². The molecule has 1 aliphatic carbocycles. The number of aryl methyl sites for hydroxylation is 1. The van der Waals surface area contributed by atoms with Gasteiger partial charge in [0.2, 0.25) is 0 Å². The van der Waals surface area contributed by atoms with Crippen molar-refractivity contribution >= 4 is 22.6 Å². The van der Waals surface area contributed by atoms with Crippen molar-refractivity contribution in [2.24, 2.45) is 4.99 Å². The van der Waals surface area contributed by atoms with Crippen molar-refractivity contribution in [2.45, 2.75) is 32.6 Å². The van der Waals surface area contributed by atoms with Crippen LogP contribution in [0.25, 0.3) is 0 Å². The smallest absolute Gasteiger partial charge is 0.134 e. The average Bonchev–Trinajstić information content (AvgIpc) is 3.12. The van der Waals surface area contributed by atoms with Gasteiger partial charge in [0.15, 0.2) is 0 Å². The van der Waals surface area contributed by atoms with Crippen LogP contribution in [0.5, 0.6) is 5.75 Å². The molecule has 0 aliphatic heterocycles. The van der Waals surface area contributed by atoms with Crippen LogP contribution in [0.15, 0.2) is 29.3 Å². The van der Waals surface area contributed by atoms with E-state index >= 15 is 0 Å². The largest absolute Gasteiger partial charge is 0.494 e. The highest BCUT2D eigenvalue weighted by Gasteiger charge is 2.21. The number of nitriles is 1. The fourth-order valence-electron chi connectivity index (χ4n) is 2.60. The molecule has 1 aromatic carbocycles. The lowest BCUT2D eigenvalue weighted by Gasteiger charge is -2.03. The van der Waals surface area contributed by atoms with Crippen molar-refractivity contribution < 1.29 is 4.74 Å². The first-order valence-electron chi connectivity index (χ1n) is 7.63. The van der Waals surface area contributed by atoms with E-state index < -0.39 is 0 Å². The molecule has 0 fully saturated rings. The molecule has 3 rings (SSSR count). The van der Waals surface area contributed by atoms with Crippen LogP contribution in [0.4, 0.5) is 5.00 Å². The minimum Gasteiger partial charge on any atom is -0.494 e. The Kier molecular flexibility index (Phi) is 4.55. The lowest BCUT2D eigenvalue weighted by molar-refractivity contribution is 0.317. The molecule has 0 unspecified atom stereocenters. The van der Waals surface area contributed by atoms with Crippen LogP contribution in [0.1, 0.15) is 41.3 Å². The van der Waals surface area contributed by atoms with Gasteiger partial charge >= 0.3 is 0 Å². The number of thiophene rings is 1. The predicted molar refractivity (Wildman–Crippen MR) is 90.5 cm³/mol. The molecule has 1 heterocycles. The second-order valence-electron chi connectivity index (χ2n) is 5.32. The molecule has 2 aromatic rings. The van der Waals surface area contributed by atoms with E-state index in [0.29, 0.717) is 0 Å². The molecule has 0 radical (unpaired) electrons. The van der Waals surface area contributed by atoms with Gasteiger partial charge in [-0.05, 0) is 61.1 Å². The summed E-state index contributed by atoms with van der Waals surface area (Å²) in [6, 6.07) is 10.2. The van der Waals surface area contributed by atoms with Gasteiger partial charge in [-0.25, -0.2) is 4.99 Å². The number of ether oxygens (including phenoxy) is 1. The summed E-state index contributed by atoms with van der Waals surface area (Å²) in [5, 5.41) is 10.2. The molecular formula is C18H18N2OS. The van der Waals surface area contributed by atoms with Gasteiger partial charge in [0, 0.05) is 11.1 Å². The summed E-state index contributed by atoms with van der Waals surface area (Å²) in [4.78, 5) is 5.87. The molecule has 0 N–H and O–H groups in total. The Hall–Kier alpha value is -2.12. The van der Waals surface area contributed by atoms with E-state index in [1.165, 1.54) is 16.9 Å². The molecule has 3 nitrogen and oxygen atoms in total. The lowest BCUT2D eigenvalue weighted by atomic mass is 10.1. The average molecular weight is 310 g/mol. The number of hydrogen-bond donors (Lipinski definition) is 0. The second kappa shape index (κ2) is 6.76. The van der Waals surface area contributed by atoms with Crippen molar-refractivity contribution in [3.05, 3.63) is 45.8 Å². The van der Waals surface area contributed by atoms with Crippen LogP contribution < -0.4 is 4.74 Å². The third-order valence-electron chi connectivity index (χ3n) is 3.70. The SMILES string of the molecule is CCCOc1ccc(C=Nc2sc3c(c2C#N)CCC3)cc1. The highest BCUT2D eigenvalue weighted by atomic mass is 32.1. The van der Waals surface area contributed by atoms with Gasteiger partial charge in [-0.15, -0.1) is 11.3 Å². The van der Waals surface area contributed by atoms with Gasteiger partial charge in [-0.1, -0.05) is 6.92 Å². The van der Waals surface area contributed by atoms with E-state index in [9.17, 15) is 5.26 Å². The fraction of sp³-hybridized carbons (Fsp3) is 0.333. The zero-order valence-electron chi connectivity index (χ0n) is 12.6. The second-order valence-corrected chi connectivity index (χ2v) is 6.41. The van der Waals surface area contributed by atoms with Gasteiger partial charge in [0.1, 0.15) is 16.8 Å². The van der Waals surface area contributed by atoms with Gasteiger partial charge in [0.05, 0.1) is 12.2 Å². The monoisotopic (exact) mass is 310 g/mol. The molecule has 112 valence electrons. The number of aliphatic imine (C=N–C) groups is 1. The standard InChI is InChI=1S/C18H18N2OS/c1-2-10-21-14-8-6-13(7-9-14)12-20-18-16(11-19)15-4-3-5-17(15)22-18/h6-9,12H,2-5,10H2,1H3. The van der Waals surface area contributed by atoms with Crippen molar-refractivity contribution in [1.29, 1.82) is 5.26 Å². The highest BCUT2D eigenvalue weighted by molar-refractivity contribution is 7.16. The molecule has 22 heavy (non-hydrogen) atoms. The molecular weight excluding hydrogens is 292 g/mol. The summed E-state index contributed by atoms with van der Waals surface area (Å²) < 4.78 is 5.57. The van der Waals surface area contributed by atoms with E-state index in [4.69, 9.17) is 4.74 Å². The van der Waals surface area contributed by atoms with E-state index in [1.807, 2.05) is 30.5 Å². The molecule has 0 atom stereocenters. The molecule has 0 spiro atoms. The van der Waals surface area contributed by atoms with Crippen LogP contribution in [0.3, 0.4) is 0 Å². The molecule has 0 saturated heterocycles. The van der Waals surface area contributed by atoms with Crippen molar-refractivity contribution in [3.8, 4) is 11.8 Å². The molecule has 1 aromatic heterocycles. The highest BCUT2D eigenvalue weighted by Crippen LogP contribution is 2.40. The van der Waals surface area contributed by atoms with E-state index in [1.54, 1.807) is 11.3 Å². The Morgan fingerprint density at radius 2 is 2.14 bits per heavy atom. The Morgan fingerprint density at radius 3 is 2.86 bits per heavy atom. The predicted octanol–water partition coefficient (Wildman–Crippen LogP) is 4.65. The van der Waals surface area contributed by atoms with Gasteiger partial charge in [-0.2, -0.15) is 5.26 Å². The minimum absolute atomic E-state index is 0.736. The Labute approximate surface area is 134 Å². The zero-order chi connectivity index (χ0) is 15.4.